The molecule has 100 valence electrons. The quantitative estimate of drug-likeness (QED) is 0.921. The van der Waals surface area contributed by atoms with E-state index in [1.807, 2.05) is 6.07 Å². The Kier molecular flexibility index (Phi) is 3.56. The molecule has 1 aliphatic heterocycles. The fourth-order valence-electron chi connectivity index (χ4n) is 2.36. The first kappa shape index (κ1) is 13.0. The van der Waals surface area contributed by atoms with Crippen LogP contribution < -0.4 is 10.5 Å². The maximum Gasteiger partial charge on any atom is 0.193 e. The van der Waals surface area contributed by atoms with Crippen LogP contribution in [-0.2, 0) is 12.8 Å². The molecule has 1 aromatic carbocycles. The van der Waals surface area contributed by atoms with Gasteiger partial charge in [-0.3, -0.25) is 0 Å². The Hall–Kier alpha value is -0.970. The van der Waals surface area contributed by atoms with Gasteiger partial charge in [-0.2, -0.15) is 0 Å². The van der Waals surface area contributed by atoms with Crippen LogP contribution in [0.2, 0.25) is 5.22 Å². The first-order valence-corrected chi connectivity index (χ1v) is 7.25. The summed E-state index contributed by atoms with van der Waals surface area (Å²) in [5, 5.41) is 0.362. The van der Waals surface area contributed by atoms with Gasteiger partial charge in [0, 0.05) is 10.9 Å². The summed E-state index contributed by atoms with van der Waals surface area (Å²) in [5.41, 5.74) is 8.49. The van der Waals surface area contributed by atoms with Crippen LogP contribution in [0.3, 0.4) is 0 Å². The van der Waals surface area contributed by atoms with Gasteiger partial charge < -0.3 is 14.9 Å². The topological polar surface area (TPSA) is 48.4 Å². The smallest absolute Gasteiger partial charge is 0.193 e. The van der Waals surface area contributed by atoms with Crippen molar-refractivity contribution in [1.82, 2.24) is 0 Å². The molecule has 19 heavy (non-hydrogen) atoms. The SMILES string of the molecule is NC(Cc1cc(Br)cc2c1OCC2)c1ccc(Cl)o1. The van der Waals surface area contributed by atoms with E-state index in [0.717, 1.165) is 28.8 Å². The number of rotatable bonds is 3. The van der Waals surface area contributed by atoms with E-state index in [1.54, 1.807) is 6.07 Å². The van der Waals surface area contributed by atoms with E-state index in [2.05, 4.69) is 28.1 Å². The zero-order valence-electron chi connectivity index (χ0n) is 10.2. The molecule has 3 rings (SSSR count). The van der Waals surface area contributed by atoms with Gasteiger partial charge in [-0.25, -0.2) is 0 Å². The molecule has 0 amide bonds. The van der Waals surface area contributed by atoms with Crippen molar-refractivity contribution in [2.24, 2.45) is 5.73 Å². The molecule has 0 fully saturated rings. The van der Waals surface area contributed by atoms with Crippen molar-refractivity contribution in [2.45, 2.75) is 18.9 Å². The van der Waals surface area contributed by atoms with Crippen LogP contribution in [0.25, 0.3) is 0 Å². The Morgan fingerprint density at radius 1 is 1.37 bits per heavy atom. The molecule has 2 N–H and O–H groups in total. The Morgan fingerprint density at radius 2 is 2.21 bits per heavy atom. The number of fused-ring (bicyclic) bond motifs is 1. The molecule has 0 radical (unpaired) electrons. The van der Waals surface area contributed by atoms with Crippen LogP contribution in [0, 0.1) is 0 Å². The number of hydrogen-bond donors (Lipinski definition) is 1. The second-order valence-corrected chi connectivity index (χ2v) is 5.89. The molecule has 0 saturated carbocycles. The molecule has 1 unspecified atom stereocenters. The highest BCUT2D eigenvalue weighted by molar-refractivity contribution is 9.10. The van der Waals surface area contributed by atoms with Gasteiger partial charge in [0.25, 0.3) is 0 Å². The summed E-state index contributed by atoms with van der Waals surface area (Å²) < 4.78 is 12.1. The Labute approximate surface area is 124 Å². The second-order valence-electron chi connectivity index (χ2n) is 4.60. The van der Waals surface area contributed by atoms with Gasteiger partial charge in [0.2, 0.25) is 0 Å². The second kappa shape index (κ2) is 5.19. The Bertz CT molecular complexity index is 611. The lowest BCUT2D eigenvalue weighted by Crippen LogP contribution is -2.13. The highest BCUT2D eigenvalue weighted by atomic mass is 79.9. The number of halogens is 2. The summed E-state index contributed by atoms with van der Waals surface area (Å²) in [7, 11) is 0. The molecular weight excluding hydrogens is 330 g/mol. The van der Waals surface area contributed by atoms with Crippen LogP contribution >= 0.6 is 27.5 Å². The molecule has 1 aromatic heterocycles. The zero-order valence-corrected chi connectivity index (χ0v) is 12.5. The van der Waals surface area contributed by atoms with Crippen molar-refractivity contribution < 1.29 is 9.15 Å². The highest BCUT2D eigenvalue weighted by Crippen LogP contribution is 2.35. The minimum Gasteiger partial charge on any atom is -0.493 e. The van der Waals surface area contributed by atoms with Crippen molar-refractivity contribution in [1.29, 1.82) is 0 Å². The average Bonchev–Trinajstić information content (AvgIpc) is 2.97. The molecule has 0 bridgehead atoms. The lowest BCUT2D eigenvalue weighted by molar-refractivity contribution is 0.351. The van der Waals surface area contributed by atoms with Gasteiger partial charge in [-0.15, -0.1) is 0 Å². The van der Waals surface area contributed by atoms with Gasteiger partial charge in [-0.05, 0) is 53.4 Å². The summed E-state index contributed by atoms with van der Waals surface area (Å²) in [6, 6.07) is 7.44. The van der Waals surface area contributed by atoms with Crippen molar-refractivity contribution in [3.05, 3.63) is 50.8 Å². The third kappa shape index (κ3) is 2.66. The van der Waals surface area contributed by atoms with E-state index in [0.29, 0.717) is 17.4 Å². The molecule has 2 heterocycles. The van der Waals surface area contributed by atoms with Crippen LogP contribution in [0.1, 0.15) is 22.9 Å². The first-order chi connectivity index (χ1) is 9.13. The van der Waals surface area contributed by atoms with Gasteiger partial charge in [0.05, 0.1) is 12.6 Å². The monoisotopic (exact) mass is 341 g/mol. The lowest BCUT2D eigenvalue weighted by atomic mass is 10.0. The maximum absolute atomic E-state index is 6.16. The maximum atomic E-state index is 6.16. The number of ether oxygens (including phenoxy) is 1. The normalized spacial score (nSPS) is 15.1. The summed E-state index contributed by atoms with van der Waals surface area (Å²) in [6.07, 6.45) is 1.61. The average molecular weight is 343 g/mol. The molecule has 1 aliphatic rings. The molecule has 0 saturated heterocycles. The zero-order chi connectivity index (χ0) is 13.4. The van der Waals surface area contributed by atoms with E-state index < -0.39 is 0 Å². The molecule has 0 aliphatic carbocycles. The Morgan fingerprint density at radius 3 is 2.95 bits per heavy atom. The fraction of sp³-hybridized carbons (Fsp3) is 0.286. The van der Waals surface area contributed by atoms with Gasteiger partial charge in [-0.1, -0.05) is 15.9 Å². The largest absolute Gasteiger partial charge is 0.493 e. The third-order valence-corrected chi connectivity index (χ3v) is 3.89. The summed E-state index contributed by atoms with van der Waals surface area (Å²) in [4.78, 5) is 0. The van der Waals surface area contributed by atoms with E-state index in [1.165, 1.54) is 5.56 Å². The first-order valence-electron chi connectivity index (χ1n) is 6.08. The Balaban J connectivity index is 1.87. The predicted molar refractivity (Wildman–Crippen MR) is 77.7 cm³/mol. The van der Waals surface area contributed by atoms with E-state index in [4.69, 9.17) is 26.5 Å². The van der Waals surface area contributed by atoms with Crippen molar-refractivity contribution in [2.75, 3.05) is 6.61 Å². The van der Waals surface area contributed by atoms with Crippen LogP contribution in [0.4, 0.5) is 0 Å². The van der Waals surface area contributed by atoms with Crippen LogP contribution in [0.15, 0.2) is 33.2 Å². The van der Waals surface area contributed by atoms with E-state index >= 15 is 0 Å². The van der Waals surface area contributed by atoms with Crippen LogP contribution in [0.5, 0.6) is 5.75 Å². The van der Waals surface area contributed by atoms with E-state index in [9.17, 15) is 0 Å². The lowest BCUT2D eigenvalue weighted by Gasteiger charge is -2.13. The van der Waals surface area contributed by atoms with Crippen molar-refractivity contribution in [3.63, 3.8) is 0 Å². The fourth-order valence-corrected chi connectivity index (χ4v) is 3.07. The van der Waals surface area contributed by atoms with Gasteiger partial charge in [0.15, 0.2) is 5.22 Å². The van der Waals surface area contributed by atoms with Gasteiger partial charge in [0.1, 0.15) is 11.5 Å². The number of furan rings is 1. The molecular formula is C14H13BrClNO2. The predicted octanol–water partition coefficient (Wildman–Crippen LogP) is 3.87. The third-order valence-electron chi connectivity index (χ3n) is 3.22. The highest BCUT2D eigenvalue weighted by Gasteiger charge is 2.20. The summed E-state index contributed by atoms with van der Waals surface area (Å²) >= 11 is 9.30. The minimum absolute atomic E-state index is 0.227. The van der Waals surface area contributed by atoms with Crippen molar-refractivity contribution >= 4 is 27.5 Å². The summed E-state index contributed by atoms with van der Waals surface area (Å²) in [6.45, 7) is 0.737. The molecule has 0 spiro atoms. The summed E-state index contributed by atoms with van der Waals surface area (Å²) in [5.74, 6) is 1.66. The molecule has 3 nitrogen and oxygen atoms in total. The number of nitrogens with two attached hydrogens (primary N) is 1. The molecule has 2 aromatic rings. The van der Waals surface area contributed by atoms with E-state index in [-0.39, 0.29) is 6.04 Å². The molecule has 1 atom stereocenters. The minimum atomic E-state index is -0.227. The van der Waals surface area contributed by atoms with Crippen LogP contribution in [-0.4, -0.2) is 6.61 Å². The number of benzene rings is 1. The standard InChI is InChI=1S/C14H13BrClNO2/c15-10-5-8-3-4-18-14(8)9(6-10)7-11(17)12-1-2-13(16)19-12/h1-2,5-6,11H,3-4,7,17H2. The number of hydrogen-bond acceptors (Lipinski definition) is 3. The van der Waals surface area contributed by atoms with Gasteiger partial charge >= 0.3 is 0 Å². The molecule has 5 heteroatoms. The van der Waals surface area contributed by atoms with Crippen molar-refractivity contribution in [3.8, 4) is 5.75 Å².